The molecule has 47 heavy (non-hydrogen) atoms. The Labute approximate surface area is 267 Å². The quantitative estimate of drug-likeness (QED) is 0.201. The second-order valence-corrected chi connectivity index (χ2v) is 11.6. The summed E-state index contributed by atoms with van der Waals surface area (Å²) in [5.74, 6) is -0.903. The number of hydrogen-bond donors (Lipinski definition) is 2. The largest absolute Gasteiger partial charge is 0.437 e. The molecule has 0 aliphatic heterocycles. The minimum absolute atomic E-state index is 0.0119. The molecule has 3 heterocycles. The number of carbonyl (C=O) groups is 2. The van der Waals surface area contributed by atoms with Gasteiger partial charge in [0, 0.05) is 12.2 Å². The molecule has 1 aliphatic carbocycles. The molecular formula is C29H26ClF7N8O2. The first-order valence-electron chi connectivity index (χ1n) is 14.1. The number of alkyl halides is 7. The number of carbonyl (C=O) groups excluding carboxylic acids is 2. The molecule has 0 radical (unpaired) electrons. The van der Waals surface area contributed by atoms with Gasteiger partial charge in [0.25, 0.3) is 11.8 Å². The highest BCUT2D eigenvalue weighted by Crippen LogP contribution is 2.52. The Balaban J connectivity index is 1.50. The van der Waals surface area contributed by atoms with Crippen molar-refractivity contribution < 1.29 is 40.3 Å². The first kappa shape index (κ1) is 33.8. The van der Waals surface area contributed by atoms with Crippen LogP contribution in [0.3, 0.4) is 0 Å². The monoisotopic (exact) mass is 686 g/mol. The molecular weight excluding hydrogens is 661 g/mol. The number of anilines is 1. The van der Waals surface area contributed by atoms with Crippen LogP contribution in [0.5, 0.6) is 0 Å². The van der Waals surface area contributed by atoms with Crippen LogP contribution in [0.25, 0.3) is 5.82 Å². The lowest BCUT2D eigenvalue weighted by molar-refractivity contribution is -0.350. The van der Waals surface area contributed by atoms with Crippen LogP contribution in [0.2, 0.25) is 5.02 Å². The normalized spacial score (nSPS) is 14.6. The number of halogens is 8. The highest BCUT2D eigenvalue weighted by Gasteiger charge is 2.75. The van der Waals surface area contributed by atoms with E-state index in [1.165, 1.54) is 18.3 Å². The highest BCUT2D eigenvalue weighted by molar-refractivity contribution is 6.32. The van der Waals surface area contributed by atoms with E-state index in [1.54, 1.807) is 26.0 Å². The maximum Gasteiger partial charge on any atom is 0.437 e. The average molecular weight is 687 g/mol. The zero-order valence-corrected chi connectivity index (χ0v) is 25.6. The van der Waals surface area contributed by atoms with E-state index in [4.69, 9.17) is 11.6 Å². The molecule has 5 rings (SSSR count). The lowest BCUT2D eigenvalue weighted by Crippen LogP contribution is -2.50. The van der Waals surface area contributed by atoms with Gasteiger partial charge in [0.05, 0.1) is 28.2 Å². The summed E-state index contributed by atoms with van der Waals surface area (Å²) in [6.45, 7) is 4.69. The number of nitrogens with zero attached hydrogens (tertiary/aromatic N) is 6. The Bertz CT molecular complexity index is 1820. The number of rotatable bonds is 9. The van der Waals surface area contributed by atoms with E-state index in [2.05, 4.69) is 30.9 Å². The van der Waals surface area contributed by atoms with Crippen LogP contribution >= 0.6 is 11.6 Å². The molecule has 1 saturated carbocycles. The number of hydrogen-bond acceptors (Lipinski definition) is 6. The van der Waals surface area contributed by atoms with E-state index in [9.17, 15) is 40.3 Å². The van der Waals surface area contributed by atoms with Gasteiger partial charge in [-0.2, -0.15) is 46.4 Å². The van der Waals surface area contributed by atoms with Crippen molar-refractivity contribution in [3.8, 4) is 5.82 Å². The van der Waals surface area contributed by atoms with E-state index < -0.39 is 42.1 Å². The maximum absolute atomic E-state index is 14.5. The van der Waals surface area contributed by atoms with Gasteiger partial charge in [-0.1, -0.05) is 17.7 Å². The summed E-state index contributed by atoms with van der Waals surface area (Å²) in [4.78, 5) is 31.5. The Morgan fingerprint density at radius 2 is 1.70 bits per heavy atom. The summed E-state index contributed by atoms with van der Waals surface area (Å²) < 4.78 is 94.9. The Morgan fingerprint density at radius 1 is 1.02 bits per heavy atom. The number of aromatic nitrogens is 6. The van der Waals surface area contributed by atoms with Crippen LogP contribution < -0.4 is 10.6 Å². The molecule has 0 spiro atoms. The molecule has 10 nitrogen and oxygen atoms in total. The fraction of sp³-hybridized carbons (Fsp3) is 0.379. The SMILES string of the molecule is Cc1cc(C)c(NC(=O)c2cc(Cn3ncc(C(F)(C(F)(F)F)C(F)(F)F)n3)nn2-c2ncccc2Cl)c(C(=O)NC(C)C2CC2)c1. The van der Waals surface area contributed by atoms with E-state index in [0.717, 1.165) is 29.2 Å². The number of nitrogens with one attached hydrogen (secondary N) is 2. The molecule has 2 N–H and O–H groups in total. The van der Waals surface area contributed by atoms with Crippen molar-refractivity contribution in [3.63, 3.8) is 0 Å². The molecule has 2 amide bonds. The van der Waals surface area contributed by atoms with E-state index >= 15 is 0 Å². The highest BCUT2D eigenvalue weighted by atomic mass is 35.5. The fourth-order valence-corrected chi connectivity index (χ4v) is 5.18. The summed E-state index contributed by atoms with van der Waals surface area (Å²) >= 11 is 6.30. The van der Waals surface area contributed by atoms with Crippen LogP contribution in [-0.4, -0.2) is 60.0 Å². The van der Waals surface area contributed by atoms with Crippen LogP contribution in [0.15, 0.2) is 42.7 Å². The molecule has 1 aliphatic rings. The van der Waals surface area contributed by atoms with Crippen LogP contribution in [0.4, 0.5) is 36.4 Å². The zero-order valence-electron chi connectivity index (χ0n) is 24.8. The Morgan fingerprint density at radius 3 is 2.32 bits per heavy atom. The lowest BCUT2D eigenvalue weighted by atomic mass is 10.0. The van der Waals surface area contributed by atoms with E-state index in [0.29, 0.717) is 16.3 Å². The molecule has 3 aromatic heterocycles. The maximum atomic E-state index is 14.5. The van der Waals surface area contributed by atoms with Gasteiger partial charge in [0.2, 0.25) is 0 Å². The summed E-state index contributed by atoms with van der Waals surface area (Å²) in [6.07, 6.45) is -9.42. The zero-order chi connectivity index (χ0) is 34.5. The van der Waals surface area contributed by atoms with Crippen molar-refractivity contribution in [2.24, 2.45) is 5.92 Å². The smallest absolute Gasteiger partial charge is 0.349 e. The Kier molecular flexibility index (Phi) is 8.81. The van der Waals surface area contributed by atoms with Crippen LogP contribution in [-0.2, 0) is 12.2 Å². The molecule has 1 unspecified atom stereocenters. The molecule has 1 aromatic carbocycles. The van der Waals surface area contributed by atoms with Crippen LogP contribution in [0.1, 0.15) is 63.1 Å². The van der Waals surface area contributed by atoms with Gasteiger partial charge in [-0.05, 0) is 74.9 Å². The van der Waals surface area contributed by atoms with E-state index in [1.807, 2.05) is 6.92 Å². The third-order valence-corrected chi connectivity index (χ3v) is 7.85. The second kappa shape index (κ2) is 12.2. The van der Waals surface area contributed by atoms with Gasteiger partial charge in [-0.3, -0.25) is 9.59 Å². The number of aryl methyl sites for hydroxylation is 2. The Hall–Kier alpha value is -4.54. The van der Waals surface area contributed by atoms with Crippen molar-refractivity contribution in [2.45, 2.75) is 64.2 Å². The third kappa shape index (κ3) is 6.66. The van der Waals surface area contributed by atoms with Crippen molar-refractivity contribution in [1.29, 1.82) is 0 Å². The van der Waals surface area contributed by atoms with Gasteiger partial charge in [0.15, 0.2) is 5.82 Å². The summed E-state index contributed by atoms with van der Waals surface area (Å²) in [5.41, 5.74) is -6.47. The minimum atomic E-state index is -6.38. The predicted molar refractivity (Wildman–Crippen MR) is 154 cm³/mol. The van der Waals surface area contributed by atoms with Gasteiger partial charge in [0.1, 0.15) is 17.9 Å². The number of benzene rings is 1. The lowest BCUT2D eigenvalue weighted by Gasteiger charge is -2.27. The molecule has 0 bridgehead atoms. The number of pyridine rings is 1. The van der Waals surface area contributed by atoms with Crippen molar-refractivity contribution in [3.05, 3.63) is 81.5 Å². The van der Waals surface area contributed by atoms with E-state index in [-0.39, 0.29) is 45.7 Å². The van der Waals surface area contributed by atoms with Crippen molar-refractivity contribution in [1.82, 2.24) is 35.1 Å². The second-order valence-electron chi connectivity index (χ2n) is 11.2. The third-order valence-electron chi connectivity index (χ3n) is 7.56. The molecule has 1 fully saturated rings. The summed E-state index contributed by atoms with van der Waals surface area (Å²) in [7, 11) is 0. The standard InChI is InChI=1S/C29H26ClF7N8O2/c1-14-9-15(2)23(19(10-14)25(46)40-16(3)17-6-7-17)41-26(47)21-11-18(42-45(21)24-20(30)5-4-8-38-24)13-44-39-12-22(43-44)27(31,28(32,33)34)29(35,36)37/h4-5,8-12,16-17H,6-7,13H2,1-3H3,(H,40,46)(H,41,47). The molecule has 250 valence electrons. The van der Waals surface area contributed by atoms with Crippen molar-refractivity contribution in [2.75, 3.05) is 5.32 Å². The van der Waals surface area contributed by atoms with Crippen LogP contribution in [0, 0.1) is 19.8 Å². The van der Waals surface area contributed by atoms with Gasteiger partial charge >= 0.3 is 18.0 Å². The molecule has 18 heteroatoms. The van der Waals surface area contributed by atoms with Gasteiger partial charge in [-0.15, -0.1) is 0 Å². The average Bonchev–Trinajstić information content (AvgIpc) is 3.59. The van der Waals surface area contributed by atoms with Gasteiger partial charge in [-0.25, -0.2) is 14.1 Å². The molecule has 4 aromatic rings. The summed E-state index contributed by atoms with van der Waals surface area (Å²) in [5, 5.41) is 16.4. The molecule has 1 atom stereocenters. The fourth-order valence-electron chi connectivity index (χ4n) is 4.98. The molecule has 0 saturated heterocycles. The predicted octanol–water partition coefficient (Wildman–Crippen LogP) is 6.25. The first-order valence-corrected chi connectivity index (χ1v) is 14.4. The topological polar surface area (TPSA) is 120 Å². The number of amides is 2. The summed E-state index contributed by atoms with van der Waals surface area (Å²) in [6, 6.07) is 7.37. The van der Waals surface area contributed by atoms with Gasteiger partial charge < -0.3 is 10.6 Å². The van der Waals surface area contributed by atoms with Crippen molar-refractivity contribution >= 4 is 29.1 Å². The first-order chi connectivity index (χ1) is 21.9. The minimum Gasteiger partial charge on any atom is -0.349 e.